The Hall–Kier alpha value is -2.55. The normalized spacial score (nSPS) is 15.1. The summed E-state index contributed by atoms with van der Waals surface area (Å²) in [6, 6.07) is 1.76. The van der Waals surface area contributed by atoms with Crippen LogP contribution in [0.25, 0.3) is 6.08 Å². The van der Waals surface area contributed by atoms with Gasteiger partial charge in [0.2, 0.25) is 0 Å². The second kappa shape index (κ2) is 10.4. The molecule has 0 aliphatic rings. The van der Waals surface area contributed by atoms with Crippen molar-refractivity contribution in [3.8, 4) is 5.75 Å². The molecular weight excluding hydrogens is 324 g/mol. The zero-order valence-corrected chi connectivity index (χ0v) is 16.5. The van der Waals surface area contributed by atoms with Crippen LogP contribution in [-0.2, 0) is 9.53 Å². The Balaban J connectivity index is 2.97. The number of ether oxygens (including phenoxy) is 2. The monoisotopic (exact) mass is 357 g/mol. The van der Waals surface area contributed by atoms with Gasteiger partial charge in [0.25, 0.3) is 0 Å². The van der Waals surface area contributed by atoms with E-state index in [2.05, 4.69) is 0 Å². The van der Waals surface area contributed by atoms with E-state index in [4.69, 9.17) is 13.6 Å². The fourth-order valence-corrected chi connectivity index (χ4v) is 2.47. The van der Waals surface area contributed by atoms with Crippen LogP contribution in [0.2, 0.25) is 0 Å². The van der Waals surface area contributed by atoms with Crippen LogP contribution in [0.3, 0.4) is 0 Å². The largest absolute Gasteiger partial charge is 0.496 e. The minimum Gasteiger partial charge on any atom is -0.496 e. The summed E-state index contributed by atoms with van der Waals surface area (Å²) in [4.78, 5) is 11.4. The molecule has 0 unspecified atom stereocenters. The molecule has 3 nitrogen and oxygen atoms in total. The quantitative estimate of drug-likeness (QED) is 0.359. The van der Waals surface area contributed by atoms with Crippen molar-refractivity contribution in [2.24, 2.45) is 0 Å². The molecule has 0 saturated carbocycles. The van der Waals surface area contributed by atoms with Gasteiger partial charge < -0.3 is 9.47 Å². The summed E-state index contributed by atoms with van der Waals surface area (Å²) in [6.45, 7) is 11.7. The fraction of sp³-hybridized carbons (Fsp3) is 0.348. The van der Waals surface area contributed by atoms with Crippen LogP contribution in [-0.4, -0.2) is 19.6 Å². The number of benzene rings is 1. The first-order valence-corrected chi connectivity index (χ1v) is 8.62. The number of allylic oxidation sites excluding steroid dienone is 6. The molecule has 0 aliphatic heterocycles. The van der Waals surface area contributed by atoms with E-state index < -0.39 is 7.04 Å². The topological polar surface area (TPSA) is 35.5 Å². The molecule has 0 radical (unpaired) electrons. The van der Waals surface area contributed by atoms with Crippen molar-refractivity contribution in [1.82, 2.24) is 0 Å². The van der Waals surface area contributed by atoms with Gasteiger partial charge >= 0.3 is 5.97 Å². The van der Waals surface area contributed by atoms with Crippen molar-refractivity contribution in [2.45, 2.75) is 41.5 Å². The highest BCUT2D eigenvalue weighted by atomic mass is 16.5. The minimum absolute atomic E-state index is 0.345. The van der Waals surface area contributed by atoms with Crippen LogP contribution >= 0.6 is 0 Å². The number of methoxy groups -OCH3 is 1. The van der Waals surface area contributed by atoms with E-state index in [0.29, 0.717) is 12.4 Å². The summed E-state index contributed by atoms with van der Waals surface area (Å²) in [5.41, 5.74) is 5.62. The molecule has 0 fully saturated rings. The molecule has 3 heteroatoms. The summed E-state index contributed by atoms with van der Waals surface area (Å²) in [5, 5.41) is 0. The van der Waals surface area contributed by atoms with Crippen molar-refractivity contribution in [3.05, 3.63) is 69.8 Å². The van der Waals surface area contributed by atoms with Crippen molar-refractivity contribution in [1.29, 1.82) is 0 Å². The molecule has 0 aromatic heterocycles. The second-order valence-electron chi connectivity index (χ2n) is 6.20. The zero-order valence-electron chi connectivity index (χ0n) is 19.5. The third-order valence-electron chi connectivity index (χ3n) is 4.08. The lowest BCUT2D eigenvalue weighted by molar-refractivity contribution is -0.137. The molecule has 0 saturated heterocycles. The lowest BCUT2D eigenvalue weighted by atomic mass is 9.96. The van der Waals surface area contributed by atoms with Crippen LogP contribution in [0.5, 0.6) is 5.75 Å². The van der Waals surface area contributed by atoms with Gasteiger partial charge in [0.05, 0.1) is 17.8 Å². The molecule has 0 amide bonds. The number of esters is 1. The fourth-order valence-electron chi connectivity index (χ4n) is 2.47. The van der Waals surface area contributed by atoms with Crippen LogP contribution in [0.1, 0.15) is 47.1 Å². The van der Waals surface area contributed by atoms with Gasteiger partial charge in [-0.25, -0.2) is 4.79 Å². The van der Waals surface area contributed by atoms with Gasteiger partial charge in [-0.2, -0.15) is 0 Å². The summed E-state index contributed by atoms with van der Waals surface area (Å²) >= 11 is 0. The molecule has 26 heavy (non-hydrogen) atoms. The molecule has 0 aliphatic carbocycles. The average Bonchev–Trinajstić information content (AvgIpc) is 2.58. The Morgan fingerprint density at radius 3 is 2.54 bits per heavy atom. The maximum atomic E-state index is 11.4. The predicted octanol–water partition coefficient (Wildman–Crippen LogP) is 5.65. The van der Waals surface area contributed by atoms with Gasteiger partial charge in [0.15, 0.2) is 0 Å². The number of hydrogen-bond donors (Lipinski definition) is 0. The zero-order chi connectivity index (χ0) is 22.2. The number of carbonyl (C=O) groups excluding carboxylic acids is 1. The van der Waals surface area contributed by atoms with Crippen molar-refractivity contribution in [3.63, 3.8) is 0 Å². The minimum atomic E-state index is -2.47. The van der Waals surface area contributed by atoms with E-state index in [1.165, 1.54) is 6.08 Å². The molecule has 0 N–H and O–H groups in total. The highest BCUT2D eigenvalue weighted by Crippen LogP contribution is 2.28. The Morgan fingerprint density at radius 2 is 1.88 bits per heavy atom. The molecule has 0 atom stereocenters. The Bertz CT molecular complexity index is 857. The third kappa shape index (κ3) is 6.40. The molecule has 0 spiro atoms. The lowest BCUT2D eigenvalue weighted by Gasteiger charge is -2.13. The molecule has 0 heterocycles. The first kappa shape index (κ1) is 16.9. The van der Waals surface area contributed by atoms with Gasteiger partial charge in [0, 0.05) is 6.08 Å². The van der Waals surface area contributed by atoms with Crippen molar-refractivity contribution in [2.75, 3.05) is 13.6 Å². The Kier molecular flexibility index (Phi) is 6.79. The van der Waals surface area contributed by atoms with E-state index in [9.17, 15) is 4.79 Å². The first-order valence-electron chi connectivity index (χ1n) is 10.1. The predicted molar refractivity (Wildman–Crippen MR) is 110 cm³/mol. The summed E-state index contributed by atoms with van der Waals surface area (Å²) < 4.78 is 31.9. The van der Waals surface area contributed by atoms with E-state index >= 15 is 0 Å². The average molecular weight is 358 g/mol. The Labute approximate surface area is 161 Å². The van der Waals surface area contributed by atoms with Gasteiger partial charge in [-0.05, 0) is 75.4 Å². The first-order chi connectivity index (χ1) is 13.4. The van der Waals surface area contributed by atoms with E-state index in [1.54, 1.807) is 13.0 Å². The van der Waals surface area contributed by atoms with Crippen molar-refractivity contribution >= 4 is 12.0 Å². The van der Waals surface area contributed by atoms with Crippen LogP contribution in [0.4, 0.5) is 0 Å². The number of hydrogen-bond acceptors (Lipinski definition) is 3. The van der Waals surface area contributed by atoms with E-state index in [-0.39, 0.29) is 5.97 Å². The van der Waals surface area contributed by atoms with E-state index in [0.717, 1.165) is 33.4 Å². The molecule has 1 aromatic carbocycles. The van der Waals surface area contributed by atoms with Crippen LogP contribution in [0, 0.1) is 20.8 Å². The highest BCUT2D eigenvalue weighted by molar-refractivity contribution is 5.83. The molecular formula is C23H30O3. The van der Waals surface area contributed by atoms with Gasteiger partial charge in [-0.1, -0.05) is 36.0 Å². The number of rotatable bonds is 7. The summed E-state index contributed by atoms with van der Waals surface area (Å²) in [7, 11) is -2.47. The van der Waals surface area contributed by atoms with Gasteiger partial charge in [-0.3, -0.25) is 0 Å². The second-order valence-corrected chi connectivity index (χ2v) is 6.20. The smallest absolute Gasteiger partial charge is 0.330 e. The summed E-state index contributed by atoms with van der Waals surface area (Å²) in [5.74, 6) is 0.0405. The van der Waals surface area contributed by atoms with Crippen LogP contribution < -0.4 is 4.74 Å². The molecule has 1 aromatic rings. The van der Waals surface area contributed by atoms with Crippen molar-refractivity contribution < 1.29 is 18.4 Å². The standard InChI is InChI=1S/C23H30O3/c1-8-26-23(24)14-17(3)11-9-10-16(2)12-13-21-18(4)15-22(25-7)20(6)19(21)5/h9-15H,8H2,1-7H3/b11-9+,13-12+,16-10+,17-14+/i7D3. The van der Waals surface area contributed by atoms with Gasteiger partial charge in [0.1, 0.15) is 5.75 Å². The lowest BCUT2D eigenvalue weighted by Crippen LogP contribution is -1.99. The Morgan fingerprint density at radius 1 is 1.15 bits per heavy atom. The maximum absolute atomic E-state index is 11.4. The number of aryl methyl sites for hydroxylation is 1. The highest BCUT2D eigenvalue weighted by Gasteiger charge is 2.08. The summed E-state index contributed by atoms with van der Waals surface area (Å²) in [6.07, 6.45) is 11.1. The molecule has 140 valence electrons. The maximum Gasteiger partial charge on any atom is 0.330 e. The SMILES string of the molecule is [2H]C([2H])([2H])Oc1cc(C)c(/C=C/C(C)=C/C=C/C(C)=C/C(=O)OCC)c(C)c1C. The van der Waals surface area contributed by atoms with Gasteiger partial charge in [-0.15, -0.1) is 0 Å². The molecule has 0 bridgehead atoms. The molecule has 1 rings (SSSR count). The number of carbonyl (C=O) groups is 1. The third-order valence-corrected chi connectivity index (χ3v) is 4.08. The van der Waals surface area contributed by atoms with Crippen LogP contribution in [0.15, 0.2) is 47.6 Å². The van der Waals surface area contributed by atoms with E-state index in [1.807, 2.05) is 65.0 Å².